The van der Waals surface area contributed by atoms with Gasteiger partial charge in [-0.3, -0.25) is 0 Å². The van der Waals surface area contributed by atoms with E-state index in [0.717, 1.165) is 12.1 Å². The van der Waals surface area contributed by atoms with Crippen LogP contribution < -0.4 is 10.5 Å². The molecule has 0 aliphatic heterocycles. The van der Waals surface area contributed by atoms with Gasteiger partial charge in [0.25, 0.3) is 0 Å². The van der Waals surface area contributed by atoms with Gasteiger partial charge < -0.3 is 5.73 Å². The van der Waals surface area contributed by atoms with E-state index in [1.54, 1.807) is 6.92 Å². The minimum atomic E-state index is -4.75. The number of nitrogens with one attached hydrogen (secondary N) is 1. The van der Waals surface area contributed by atoms with Crippen molar-refractivity contribution in [1.82, 2.24) is 4.72 Å². The first-order valence-corrected chi connectivity index (χ1v) is 7.93. The van der Waals surface area contributed by atoms with Gasteiger partial charge in [-0.05, 0) is 31.5 Å². The van der Waals surface area contributed by atoms with Gasteiger partial charge in [-0.25, -0.2) is 13.1 Å². The van der Waals surface area contributed by atoms with E-state index in [4.69, 9.17) is 5.73 Å². The van der Waals surface area contributed by atoms with E-state index in [0.29, 0.717) is 6.42 Å². The maximum absolute atomic E-state index is 12.9. The summed E-state index contributed by atoms with van der Waals surface area (Å²) in [5.74, 6) is 0. The summed E-state index contributed by atoms with van der Waals surface area (Å²) in [6, 6.07) is 2.65. The van der Waals surface area contributed by atoms with Crippen molar-refractivity contribution in [2.45, 2.75) is 30.5 Å². The maximum atomic E-state index is 12.9. The second-order valence-electron chi connectivity index (χ2n) is 4.30. The smallest absolute Gasteiger partial charge is 0.328 e. The number of hydrogen-bond donors (Lipinski definition) is 2. The van der Waals surface area contributed by atoms with Crippen LogP contribution in [-0.2, 0) is 16.2 Å². The largest absolute Gasteiger partial charge is 0.417 e. The Labute approximate surface area is 123 Å². The molecule has 0 spiro atoms. The van der Waals surface area contributed by atoms with E-state index in [2.05, 4.69) is 20.7 Å². The third kappa shape index (κ3) is 4.72. The number of halogens is 4. The predicted molar refractivity (Wildman–Crippen MR) is 72.6 cm³/mol. The summed E-state index contributed by atoms with van der Waals surface area (Å²) in [7, 11) is -4.23. The van der Waals surface area contributed by atoms with Crippen molar-refractivity contribution >= 4 is 26.0 Å². The van der Waals surface area contributed by atoms with Crippen molar-refractivity contribution < 1.29 is 21.6 Å². The van der Waals surface area contributed by atoms with Gasteiger partial charge in [-0.2, -0.15) is 13.2 Å². The molecule has 20 heavy (non-hydrogen) atoms. The van der Waals surface area contributed by atoms with Crippen LogP contribution >= 0.6 is 15.9 Å². The molecule has 0 amide bonds. The zero-order chi connectivity index (χ0) is 15.6. The van der Waals surface area contributed by atoms with E-state index in [1.165, 1.54) is 6.07 Å². The molecule has 0 saturated heterocycles. The highest BCUT2D eigenvalue weighted by Gasteiger charge is 2.37. The van der Waals surface area contributed by atoms with Crippen molar-refractivity contribution in [3.63, 3.8) is 0 Å². The lowest BCUT2D eigenvalue weighted by Crippen LogP contribution is -2.30. The number of alkyl halides is 3. The first-order valence-electron chi connectivity index (χ1n) is 5.66. The van der Waals surface area contributed by atoms with Gasteiger partial charge in [-0.15, -0.1) is 0 Å². The minimum absolute atomic E-state index is 0.0205. The zero-order valence-corrected chi connectivity index (χ0v) is 12.9. The highest BCUT2D eigenvalue weighted by Crippen LogP contribution is 2.35. The van der Waals surface area contributed by atoms with Crippen LogP contribution in [0.1, 0.15) is 18.9 Å². The van der Waals surface area contributed by atoms with Crippen molar-refractivity contribution in [2.24, 2.45) is 5.73 Å². The normalized spacial score (nSPS) is 14.3. The summed E-state index contributed by atoms with van der Waals surface area (Å²) < 4.78 is 64.7. The minimum Gasteiger partial charge on any atom is -0.328 e. The van der Waals surface area contributed by atoms with Crippen LogP contribution in [0, 0.1) is 0 Å². The number of benzene rings is 1. The molecule has 0 aliphatic carbocycles. The van der Waals surface area contributed by atoms with Gasteiger partial charge in [0.1, 0.15) is 0 Å². The molecule has 0 aliphatic rings. The topological polar surface area (TPSA) is 72.2 Å². The van der Waals surface area contributed by atoms with Crippen molar-refractivity contribution in [3.05, 3.63) is 28.2 Å². The number of hydrogen-bond acceptors (Lipinski definition) is 3. The molecule has 114 valence electrons. The molecular formula is C11H14BrF3N2O2S. The van der Waals surface area contributed by atoms with Crippen LogP contribution in [0.15, 0.2) is 27.6 Å². The SMILES string of the molecule is CC(N)CCNS(=O)(=O)c1ccc(Br)cc1C(F)(F)F. The second kappa shape index (κ2) is 6.42. The van der Waals surface area contributed by atoms with Gasteiger partial charge in [0, 0.05) is 17.1 Å². The first kappa shape index (κ1) is 17.4. The fourth-order valence-electron chi connectivity index (χ4n) is 1.46. The monoisotopic (exact) mass is 374 g/mol. The molecule has 4 nitrogen and oxygen atoms in total. The Bertz CT molecular complexity index is 574. The van der Waals surface area contributed by atoms with Gasteiger partial charge in [0.2, 0.25) is 10.0 Å². The Morgan fingerprint density at radius 3 is 2.50 bits per heavy atom. The highest BCUT2D eigenvalue weighted by atomic mass is 79.9. The van der Waals surface area contributed by atoms with E-state index in [-0.39, 0.29) is 17.1 Å². The third-order valence-corrected chi connectivity index (χ3v) is 4.44. The van der Waals surface area contributed by atoms with Gasteiger partial charge in [0.05, 0.1) is 10.5 Å². The molecule has 0 aromatic heterocycles. The fourth-order valence-corrected chi connectivity index (χ4v) is 3.07. The molecule has 3 N–H and O–H groups in total. The Morgan fingerprint density at radius 2 is 2.00 bits per heavy atom. The van der Waals surface area contributed by atoms with Crippen molar-refractivity contribution in [1.29, 1.82) is 0 Å². The number of nitrogens with two attached hydrogens (primary N) is 1. The Hall–Kier alpha value is -0.640. The molecule has 0 saturated carbocycles. The van der Waals surface area contributed by atoms with Crippen molar-refractivity contribution in [2.75, 3.05) is 6.54 Å². The van der Waals surface area contributed by atoms with Crippen molar-refractivity contribution in [3.8, 4) is 0 Å². The lowest BCUT2D eigenvalue weighted by Gasteiger charge is -2.14. The predicted octanol–water partition coefficient (Wildman–Crippen LogP) is 2.48. The van der Waals surface area contributed by atoms with Gasteiger partial charge in [0.15, 0.2) is 0 Å². The quantitative estimate of drug-likeness (QED) is 0.831. The molecule has 1 aromatic carbocycles. The Morgan fingerprint density at radius 1 is 1.40 bits per heavy atom. The summed E-state index contributed by atoms with van der Waals surface area (Å²) >= 11 is 2.90. The molecule has 0 radical (unpaired) electrons. The summed E-state index contributed by atoms with van der Waals surface area (Å²) in [6.07, 6.45) is -4.42. The van der Waals surface area contributed by atoms with Gasteiger partial charge >= 0.3 is 6.18 Å². The van der Waals surface area contributed by atoms with Crippen LogP contribution in [0.25, 0.3) is 0 Å². The molecule has 9 heteroatoms. The molecule has 1 atom stereocenters. The molecule has 1 rings (SSSR count). The van der Waals surface area contributed by atoms with E-state index >= 15 is 0 Å². The summed E-state index contributed by atoms with van der Waals surface area (Å²) in [5.41, 5.74) is 4.25. The van der Waals surface area contributed by atoms with Crippen LogP contribution in [0.5, 0.6) is 0 Å². The number of sulfonamides is 1. The van der Waals surface area contributed by atoms with E-state index in [1.807, 2.05) is 0 Å². The molecular weight excluding hydrogens is 361 g/mol. The van der Waals surface area contributed by atoms with E-state index < -0.39 is 26.7 Å². The van der Waals surface area contributed by atoms with Crippen LogP contribution in [0.2, 0.25) is 0 Å². The molecule has 1 unspecified atom stereocenters. The van der Waals surface area contributed by atoms with Crippen LogP contribution in [0.3, 0.4) is 0 Å². The Kier molecular flexibility index (Phi) is 5.59. The summed E-state index contributed by atoms with van der Waals surface area (Å²) in [6.45, 7) is 1.66. The lowest BCUT2D eigenvalue weighted by molar-refractivity contribution is -0.139. The lowest BCUT2D eigenvalue weighted by atomic mass is 10.2. The highest BCUT2D eigenvalue weighted by molar-refractivity contribution is 9.10. The molecule has 0 heterocycles. The van der Waals surface area contributed by atoms with E-state index in [9.17, 15) is 21.6 Å². The second-order valence-corrected chi connectivity index (χ2v) is 6.95. The van der Waals surface area contributed by atoms with Crippen LogP contribution in [0.4, 0.5) is 13.2 Å². The average Bonchev–Trinajstić information content (AvgIpc) is 2.26. The first-order chi connectivity index (χ1) is 9.04. The average molecular weight is 375 g/mol. The number of rotatable bonds is 5. The zero-order valence-electron chi connectivity index (χ0n) is 10.5. The maximum Gasteiger partial charge on any atom is 0.417 e. The fraction of sp³-hybridized carbons (Fsp3) is 0.455. The summed E-state index contributed by atoms with van der Waals surface area (Å²) in [4.78, 5) is -0.794. The third-order valence-electron chi connectivity index (χ3n) is 2.43. The Balaban J connectivity index is 3.12. The standard InChI is InChI=1S/C11H14BrF3N2O2S/c1-7(16)4-5-17-20(18,19)10-3-2-8(12)6-9(10)11(13,14)15/h2-3,6-7,17H,4-5,16H2,1H3. The molecule has 0 fully saturated rings. The van der Waals surface area contributed by atoms with Gasteiger partial charge in [-0.1, -0.05) is 15.9 Å². The molecule has 1 aromatic rings. The molecule has 0 bridgehead atoms. The summed E-state index contributed by atoms with van der Waals surface area (Å²) in [5, 5.41) is 0. The van der Waals surface area contributed by atoms with Crippen LogP contribution in [-0.4, -0.2) is 21.0 Å².